The SMILES string of the molecule is N[C@H]1C[C@H](NCC(F)(F)F)C1. The van der Waals surface area contributed by atoms with Gasteiger partial charge in [0.25, 0.3) is 0 Å². The number of nitrogens with one attached hydrogen (secondary N) is 1. The fourth-order valence-corrected chi connectivity index (χ4v) is 1.09. The molecule has 66 valence electrons. The Morgan fingerprint density at radius 2 is 1.91 bits per heavy atom. The van der Waals surface area contributed by atoms with Gasteiger partial charge in [0, 0.05) is 12.1 Å². The Hall–Kier alpha value is -0.290. The van der Waals surface area contributed by atoms with Crippen molar-refractivity contribution < 1.29 is 13.2 Å². The van der Waals surface area contributed by atoms with Gasteiger partial charge in [0.05, 0.1) is 6.54 Å². The van der Waals surface area contributed by atoms with Crippen molar-refractivity contribution in [2.75, 3.05) is 6.54 Å². The molecule has 1 saturated carbocycles. The Morgan fingerprint density at radius 1 is 1.36 bits per heavy atom. The molecule has 0 aliphatic heterocycles. The molecule has 0 aromatic heterocycles. The van der Waals surface area contributed by atoms with Crippen LogP contribution < -0.4 is 11.1 Å². The maximum atomic E-state index is 11.6. The minimum atomic E-state index is -4.10. The zero-order valence-corrected chi connectivity index (χ0v) is 5.99. The topological polar surface area (TPSA) is 38.0 Å². The molecule has 0 heterocycles. The van der Waals surface area contributed by atoms with Crippen LogP contribution in [0.1, 0.15) is 12.8 Å². The number of halogens is 3. The lowest BCUT2D eigenvalue weighted by Gasteiger charge is -2.33. The summed E-state index contributed by atoms with van der Waals surface area (Å²) in [5, 5.41) is 2.38. The fraction of sp³-hybridized carbons (Fsp3) is 1.00. The van der Waals surface area contributed by atoms with Crippen molar-refractivity contribution in [1.29, 1.82) is 0 Å². The number of alkyl halides is 3. The molecule has 5 heteroatoms. The minimum absolute atomic E-state index is 0.0216. The van der Waals surface area contributed by atoms with Gasteiger partial charge in [-0.05, 0) is 12.8 Å². The van der Waals surface area contributed by atoms with E-state index in [1.54, 1.807) is 0 Å². The average molecular weight is 168 g/mol. The van der Waals surface area contributed by atoms with Gasteiger partial charge in [-0.2, -0.15) is 13.2 Å². The molecule has 0 atom stereocenters. The van der Waals surface area contributed by atoms with Crippen molar-refractivity contribution in [1.82, 2.24) is 5.32 Å². The summed E-state index contributed by atoms with van der Waals surface area (Å²) in [6.45, 7) is -0.898. The highest BCUT2D eigenvalue weighted by atomic mass is 19.4. The van der Waals surface area contributed by atoms with Crippen LogP contribution in [0, 0.1) is 0 Å². The van der Waals surface area contributed by atoms with Crippen molar-refractivity contribution in [2.24, 2.45) is 5.73 Å². The molecule has 1 fully saturated rings. The van der Waals surface area contributed by atoms with Crippen molar-refractivity contribution in [2.45, 2.75) is 31.1 Å². The van der Waals surface area contributed by atoms with Gasteiger partial charge in [-0.15, -0.1) is 0 Å². The molecule has 2 nitrogen and oxygen atoms in total. The highest BCUT2D eigenvalue weighted by Crippen LogP contribution is 2.19. The summed E-state index contributed by atoms with van der Waals surface area (Å²) in [4.78, 5) is 0. The first-order valence-electron chi connectivity index (χ1n) is 3.53. The fourth-order valence-electron chi connectivity index (χ4n) is 1.09. The Balaban J connectivity index is 2.05. The normalized spacial score (nSPS) is 31.6. The number of rotatable bonds is 2. The smallest absolute Gasteiger partial charge is 0.328 e. The summed E-state index contributed by atoms with van der Waals surface area (Å²) in [5.41, 5.74) is 5.39. The molecule has 1 aliphatic rings. The van der Waals surface area contributed by atoms with Crippen molar-refractivity contribution in [3.8, 4) is 0 Å². The lowest BCUT2D eigenvalue weighted by molar-refractivity contribution is -0.127. The first-order valence-corrected chi connectivity index (χ1v) is 3.53. The van der Waals surface area contributed by atoms with Crippen LogP contribution in [0.2, 0.25) is 0 Å². The number of hydrogen-bond donors (Lipinski definition) is 2. The first-order chi connectivity index (χ1) is 4.97. The van der Waals surface area contributed by atoms with Crippen LogP contribution in [-0.2, 0) is 0 Å². The zero-order chi connectivity index (χ0) is 8.48. The summed E-state index contributed by atoms with van der Waals surface area (Å²) >= 11 is 0. The van der Waals surface area contributed by atoms with E-state index in [0.29, 0.717) is 12.8 Å². The largest absolute Gasteiger partial charge is 0.401 e. The van der Waals surface area contributed by atoms with E-state index in [0.717, 1.165) is 0 Å². The van der Waals surface area contributed by atoms with Crippen LogP contribution in [0.4, 0.5) is 13.2 Å². The Kier molecular flexibility index (Phi) is 2.39. The quantitative estimate of drug-likeness (QED) is 0.634. The monoisotopic (exact) mass is 168 g/mol. The number of hydrogen-bond acceptors (Lipinski definition) is 2. The highest BCUT2D eigenvalue weighted by Gasteiger charge is 2.32. The second-order valence-electron chi connectivity index (χ2n) is 2.92. The van der Waals surface area contributed by atoms with Crippen LogP contribution in [0.25, 0.3) is 0 Å². The van der Waals surface area contributed by atoms with E-state index in [-0.39, 0.29) is 12.1 Å². The average Bonchev–Trinajstić information content (AvgIpc) is 1.75. The molecule has 0 aromatic carbocycles. The third kappa shape index (κ3) is 3.07. The van der Waals surface area contributed by atoms with E-state index < -0.39 is 12.7 Å². The van der Waals surface area contributed by atoms with Crippen molar-refractivity contribution in [3.05, 3.63) is 0 Å². The highest BCUT2D eigenvalue weighted by molar-refractivity contribution is 4.87. The Bertz CT molecular complexity index is 128. The van der Waals surface area contributed by atoms with Crippen LogP contribution in [0.3, 0.4) is 0 Å². The second-order valence-corrected chi connectivity index (χ2v) is 2.92. The third-order valence-electron chi connectivity index (χ3n) is 1.77. The van der Waals surface area contributed by atoms with E-state index in [1.165, 1.54) is 0 Å². The molecule has 0 saturated heterocycles. The van der Waals surface area contributed by atoms with Crippen LogP contribution >= 0.6 is 0 Å². The van der Waals surface area contributed by atoms with Crippen LogP contribution in [0.5, 0.6) is 0 Å². The minimum Gasteiger partial charge on any atom is -0.328 e. The molecule has 1 aliphatic carbocycles. The molecule has 0 amide bonds. The van der Waals surface area contributed by atoms with Gasteiger partial charge in [-0.25, -0.2) is 0 Å². The maximum absolute atomic E-state index is 11.6. The lowest BCUT2D eigenvalue weighted by atomic mass is 9.88. The van der Waals surface area contributed by atoms with E-state index in [4.69, 9.17) is 5.73 Å². The van der Waals surface area contributed by atoms with E-state index in [9.17, 15) is 13.2 Å². The molecule has 3 N–H and O–H groups in total. The van der Waals surface area contributed by atoms with Crippen LogP contribution in [-0.4, -0.2) is 24.8 Å². The summed E-state index contributed by atoms with van der Waals surface area (Å²) in [7, 11) is 0. The molecule has 0 spiro atoms. The van der Waals surface area contributed by atoms with Gasteiger partial charge in [-0.3, -0.25) is 0 Å². The molecule has 0 unspecified atom stereocenters. The molecular formula is C6H11F3N2. The maximum Gasteiger partial charge on any atom is 0.401 e. The Morgan fingerprint density at radius 3 is 2.27 bits per heavy atom. The van der Waals surface area contributed by atoms with Crippen molar-refractivity contribution in [3.63, 3.8) is 0 Å². The van der Waals surface area contributed by atoms with Gasteiger partial charge in [0.2, 0.25) is 0 Å². The summed E-state index contributed by atoms with van der Waals surface area (Å²) < 4.78 is 34.7. The van der Waals surface area contributed by atoms with Crippen molar-refractivity contribution >= 4 is 0 Å². The summed E-state index contributed by atoms with van der Waals surface area (Å²) in [5.74, 6) is 0. The van der Waals surface area contributed by atoms with Gasteiger partial charge in [-0.1, -0.05) is 0 Å². The summed E-state index contributed by atoms with van der Waals surface area (Å²) in [6, 6.07) is 0.0763. The molecule has 0 aromatic rings. The van der Waals surface area contributed by atoms with Gasteiger partial charge in [0.1, 0.15) is 0 Å². The molecule has 11 heavy (non-hydrogen) atoms. The summed E-state index contributed by atoms with van der Waals surface area (Å²) in [6.07, 6.45) is -2.77. The molecule has 0 radical (unpaired) electrons. The Labute approximate surface area is 62.9 Å². The first kappa shape index (κ1) is 8.80. The standard InChI is InChI=1S/C6H11F3N2/c7-6(8,9)3-11-5-1-4(10)2-5/h4-5,11H,1-3,10H2/t4-,5-. The second kappa shape index (κ2) is 2.98. The number of nitrogens with two attached hydrogens (primary N) is 1. The van der Waals surface area contributed by atoms with E-state index in [2.05, 4.69) is 5.32 Å². The third-order valence-corrected chi connectivity index (χ3v) is 1.77. The molecular weight excluding hydrogens is 157 g/mol. The zero-order valence-electron chi connectivity index (χ0n) is 5.99. The van der Waals surface area contributed by atoms with Gasteiger partial charge >= 0.3 is 6.18 Å². The predicted octanol–water partition coefficient (Wildman–Crippen LogP) is 0.628. The lowest BCUT2D eigenvalue weighted by Crippen LogP contribution is -2.50. The predicted molar refractivity (Wildman–Crippen MR) is 35.1 cm³/mol. The molecule has 0 bridgehead atoms. The van der Waals surface area contributed by atoms with E-state index >= 15 is 0 Å². The van der Waals surface area contributed by atoms with E-state index in [1.807, 2.05) is 0 Å². The molecule has 1 rings (SSSR count). The van der Waals surface area contributed by atoms with Crippen LogP contribution in [0.15, 0.2) is 0 Å². The van der Waals surface area contributed by atoms with Gasteiger partial charge in [0.15, 0.2) is 0 Å². The van der Waals surface area contributed by atoms with Gasteiger partial charge < -0.3 is 11.1 Å².